The maximum Gasteiger partial charge on any atom is 0.306 e. The summed E-state index contributed by atoms with van der Waals surface area (Å²) in [4.78, 5) is 49.7. The molecule has 0 rings (SSSR count). The summed E-state index contributed by atoms with van der Waals surface area (Å²) in [5.74, 6) is -1.05. The summed E-state index contributed by atoms with van der Waals surface area (Å²) in [6.07, 6.45) is 2.12. The van der Waals surface area contributed by atoms with Gasteiger partial charge in [-0.1, -0.05) is 0 Å². The van der Waals surface area contributed by atoms with Gasteiger partial charge < -0.3 is 30.8 Å². The van der Waals surface area contributed by atoms with E-state index in [0.717, 1.165) is 5.71 Å². The molecule has 0 atom stereocenters. The topological polar surface area (TPSA) is 185 Å². The predicted molar refractivity (Wildman–Crippen MR) is 133 cm³/mol. The van der Waals surface area contributed by atoms with E-state index in [1.165, 1.54) is 0 Å². The number of hydrogen-bond donors (Lipinski definition) is 3. The van der Waals surface area contributed by atoms with Crippen molar-refractivity contribution in [2.75, 3.05) is 46.5 Å². The number of amides is 1. The molecule has 35 heavy (non-hydrogen) atoms. The molecular formula is C23H41N5O7. The maximum atomic E-state index is 11.8. The summed E-state index contributed by atoms with van der Waals surface area (Å²) in [6.45, 7) is 6.79. The number of nitrogens with zero attached hydrogens (tertiary/aromatic N) is 2. The van der Waals surface area contributed by atoms with E-state index in [1.807, 2.05) is 11.8 Å². The molecule has 0 fully saturated rings. The molecule has 0 aliphatic heterocycles. The second-order valence-corrected chi connectivity index (χ2v) is 7.66. The van der Waals surface area contributed by atoms with E-state index in [0.29, 0.717) is 50.3 Å². The van der Waals surface area contributed by atoms with Crippen molar-refractivity contribution in [1.29, 1.82) is 10.8 Å². The van der Waals surface area contributed by atoms with Gasteiger partial charge in [0, 0.05) is 43.8 Å². The zero-order chi connectivity index (χ0) is 27.1. The van der Waals surface area contributed by atoms with Gasteiger partial charge in [0.2, 0.25) is 6.41 Å². The quantitative estimate of drug-likeness (QED) is 0.110. The van der Waals surface area contributed by atoms with Gasteiger partial charge in [-0.3, -0.25) is 29.1 Å². The Balaban J connectivity index is 0. The van der Waals surface area contributed by atoms with E-state index in [-0.39, 0.29) is 63.4 Å². The van der Waals surface area contributed by atoms with Crippen molar-refractivity contribution >= 4 is 41.5 Å². The first-order valence-electron chi connectivity index (χ1n) is 11.4. The third-order valence-corrected chi connectivity index (χ3v) is 4.49. The van der Waals surface area contributed by atoms with Crippen molar-refractivity contribution < 1.29 is 33.4 Å². The molecule has 0 saturated carbocycles. The Hall–Kier alpha value is -3.15. The van der Waals surface area contributed by atoms with Crippen molar-refractivity contribution in [1.82, 2.24) is 4.90 Å². The molecule has 0 aromatic heterocycles. The van der Waals surface area contributed by atoms with Crippen LogP contribution in [0.2, 0.25) is 0 Å². The van der Waals surface area contributed by atoms with Gasteiger partial charge in [-0.25, -0.2) is 0 Å². The molecule has 200 valence electrons. The van der Waals surface area contributed by atoms with Gasteiger partial charge in [0.05, 0.1) is 19.3 Å². The largest absolute Gasteiger partial charge is 0.464 e. The van der Waals surface area contributed by atoms with Crippen LogP contribution in [-0.4, -0.2) is 92.9 Å². The van der Waals surface area contributed by atoms with E-state index in [4.69, 9.17) is 29.8 Å². The highest BCUT2D eigenvalue weighted by Gasteiger charge is 2.11. The van der Waals surface area contributed by atoms with Crippen molar-refractivity contribution in [2.24, 2.45) is 10.7 Å². The van der Waals surface area contributed by atoms with Gasteiger partial charge in [0.1, 0.15) is 19.8 Å². The number of rotatable bonds is 18. The Morgan fingerprint density at radius 3 is 1.34 bits per heavy atom. The zero-order valence-corrected chi connectivity index (χ0v) is 21.4. The number of aliphatic imine (C=N–C) groups is 1. The van der Waals surface area contributed by atoms with Gasteiger partial charge in [-0.05, 0) is 40.0 Å². The Kier molecular flexibility index (Phi) is 22.0. The van der Waals surface area contributed by atoms with E-state index in [2.05, 4.69) is 10.7 Å². The molecule has 0 unspecified atom stereocenters. The van der Waals surface area contributed by atoms with Crippen LogP contribution in [-0.2, 0) is 33.4 Å². The van der Waals surface area contributed by atoms with Crippen LogP contribution in [0, 0.1) is 10.8 Å². The number of hydrogen-bond acceptors (Lipinski definition) is 11. The zero-order valence-electron chi connectivity index (χ0n) is 21.4. The fourth-order valence-corrected chi connectivity index (χ4v) is 2.39. The molecule has 0 spiro atoms. The number of nitrogens with two attached hydrogens (primary N) is 1. The molecule has 0 aliphatic carbocycles. The van der Waals surface area contributed by atoms with Crippen LogP contribution >= 0.6 is 0 Å². The summed E-state index contributed by atoms with van der Waals surface area (Å²) in [7, 11) is 1.68. The minimum absolute atomic E-state index is 0.150. The molecular weight excluding hydrogens is 458 g/mol. The van der Waals surface area contributed by atoms with Gasteiger partial charge in [0.25, 0.3) is 0 Å². The number of primary amides is 1. The summed E-state index contributed by atoms with van der Waals surface area (Å²) < 4.78 is 15.6. The summed E-state index contributed by atoms with van der Waals surface area (Å²) in [6, 6.07) is 0. The molecule has 1 amide bonds. The number of ether oxygens (including phenoxy) is 3. The monoisotopic (exact) mass is 499 g/mol. The minimum Gasteiger partial charge on any atom is -0.464 e. The van der Waals surface area contributed by atoms with Crippen molar-refractivity contribution in [2.45, 2.75) is 59.3 Å². The van der Waals surface area contributed by atoms with Crippen LogP contribution in [0.15, 0.2) is 4.99 Å². The van der Waals surface area contributed by atoms with Crippen LogP contribution in [0.1, 0.15) is 59.3 Å². The standard InChI is InChI=1S/C22H38N4O6.CH3NO/c1-17(23)5-8-20(27)30-14-11-26(12-15-31-21(28)9-6-18(2)24)13-16-32-22(29)10-7-19(3)25-4;2-1-3/h23-24H,5-16H2,1-4H3;1H,(H2,2,3). The maximum absolute atomic E-state index is 11.8. The normalized spacial score (nSPS) is 10.6. The lowest BCUT2D eigenvalue weighted by Crippen LogP contribution is -2.35. The molecule has 4 N–H and O–H groups in total. The third-order valence-electron chi connectivity index (χ3n) is 4.49. The van der Waals surface area contributed by atoms with Gasteiger partial charge in [0.15, 0.2) is 0 Å². The highest BCUT2D eigenvalue weighted by molar-refractivity contribution is 5.85. The Morgan fingerprint density at radius 1 is 0.743 bits per heavy atom. The van der Waals surface area contributed by atoms with Gasteiger partial charge in [-0.2, -0.15) is 0 Å². The average Bonchev–Trinajstić information content (AvgIpc) is 2.80. The van der Waals surface area contributed by atoms with Gasteiger partial charge in [-0.15, -0.1) is 0 Å². The number of carbonyl (C=O) groups excluding carboxylic acids is 4. The highest BCUT2D eigenvalue weighted by atomic mass is 16.5. The second kappa shape index (κ2) is 22.6. The predicted octanol–water partition coefficient (Wildman–Crippen LogP) is 1.53. The first-order valence-corrected chi connectivity index (χ1v) is 11.4. The van der Waals surface area contributed by atoms with Crippen molar-refractivity contribution in [3.8, 4) is 0 Å². The van der Waals surface area contributed by atoms with Crippen LogP contribution < -0.4 is 5.73 Å². The number of esters is 3. The smallest absolute Gasteiger partial charge is 0.306 e. The SMILES string of the molecule is CN=C(C)CCC(=O)OCCN(CCOC(=O)CCC(C)=N)CCOC(=O)CCC(C)=N.NC=O. The highest BCUT2D eigenvalue weighted by Crippen LogP contribution is 2.00. The van der Waals surface area contributed by atoms with Crippen LogP contribution in [0.3, 0.4) is 0 Å². The van der Waals surface area contributed by atoms with E-state index in [9.17, 15) is 14.4 Å². The van der Waals surface area contributed by atoms with E-state index >= 15 is 0 Å². The Bertz CT molecular complexity index is 674. The molecule has 0 aromatic rings. The summed E-state index contributed by atoms with van der Waals surface area (Å²) in [5, 5.41) is 14.7. The Labute approximate surface area is 207 Å². The molecule has 0 bridgehead atoms. The van der Waals surface area contributed by atoms with Crippen LogP contribution in [0.4, 0.5) is 0 Å². The second-order valence-electron chi connectivity index (χ2n) is 7.66. The van der Waals surface area contributed by atoms with Gasteiger partial charge >= 0.3 is 17.9 Å². The molecule has 0 aromatic carbocycles. The Morgan fingerprint density at radius 2 is 1.06 bits per heavy atom. The number of carbonyl (C=O) groups is 4. The van der Waals surface area contributed by atoms with E-state index < -0.39 is 0 Å². The first kappa shape index (κ1) is 34.0. The third kappa shape index (κ3) is 25.3. The van der Waals surface area contributed by atoms with Crippen molar-refractivity contribution in [3.63, 3.8) is 0 Å². The lowest BCUT2D eigenvalue weighted by molar-refractivity contribution is -0.144. The molecule has 0 aliphatic rings. The molecule has 0 heterocycles. The van der Waals surface area contributed by atoms with Crippen LogP contribution in [0.5, 0.6) is 0 Å². The number of nitrogens with one attached hydrogen (secondary N) is 2. The average molecular weight is 500 g/mol. The lowest BCUT2D eigenvalue weighted by Gasteiger charge is -2.22. The minimum atomic E-state index is -0.371. The fourth-order valence-electron chi connectivity index (χ4n) is 2.39. The molecule has 12 nitrogen and oxygen atoms in total. The van der Waals surface area contributed by atoms with E-state index in [1.54, 1.807) is 20.9 Å². The summed E-state index contributed by atoms with van der Waals surface area (Å²) >= 11 is 0. The summed E-state index contributed by atoms with van der Waals surface area (Å²) in [5.41, 5.74) is 5.89. The molecule has 0 saturated heterocycles. The fraction of sp³-hybridized carbons (Fsp3) is 0.696. The molecule has 0 radical (unpaired) electrons. The molecule has 12 heteroatoms. The van der Waals surface area contributed by atoms with Crippen LogP contribution in [0.25, 0.3) is 0 Å². The lowest BCUT2D eigenvalue weighted by atomic mass is 10.2. The first-order chi connectivity index (χ1) is 16.5. The van der Waals surface area contributed by atoms with Crippen molar-refractivity contribution in [3.05, 3.63) is 0 Å².